The monoisotopic (exact) mass is 331 g/mol. The molecule has 0 amide bonds. The third kappa shape index (κ3) is 2.27. The summed E-state index contributed by atoms with van der Waals surface area (Å²) in [4.78, 5) is 14.5. The second-order valence-corrected chi connectivity index (χ2v) is 6.90. The molecule has 0 aliphatic rings. The molecule has 0 unspecified atom stereocenters. The summed E-state index contributed by atoms with van der Waals surface area (Å²) in [6.07, 6.45) is 1.07. The van der Waals surface area contributed by atoms with Gasteiger partial charge in [0.05, 0.1) is 9.82 Å². The van der Waals surface area contributed by atoms with Crippen LogP contribution in [0.5, 0.6) is 0 Å². The summed E-state index contributed by atoms with van der Waals surface area (Å²) in [7, 11) is -3.82. The molecule has 0 atom stereocenters. The molecular weight excluding hydrogens is 318 g/mol. The first-order valence-corrected chi connectivity index (χ1v) is 8.20. The van der Waals surface area contributed by atoms with E-state index in [0.29, 0.717) is 16.6 Å². The van der Waals surface area contributed by atoms with E-state index in [1.165, 1.54) is 18.2 Å². The minimum absolute atomic E-state index is 0.139. The Labute approximate surface area is 132 Å². The Morgan fingerprint density at radius 2 is 1.83 bits per heavy atom. The van der Waals surface area contributed by atoms with Gasteiger partial charge in [0.2, 0.25) is 0 Å². The highest BCUT2D eigenvalue weighted by Gasteiger charge is 2.25. The standard InChI is InChI=1S/C15H13N3O4S/c1-10-11(2)17(23(21,22)13-6-4-3-5-7-13)15-14(10)8-12(9-16-15)18(19)20/h3-9H,1-2H3. The van der Waals surface area contributed by atoms with E-state index >= 15 is 0 Å². The van der Waals surface area contributed by atoms with Crippen LogP contribution in [0.3, 0.4) is 0 Å². The van der Waals surface area contributed by atoms with Crippen molar-refractivity contribution < 1.29 is 13.3 Å². The fourth-order valence-corrected chi connectivity index (χ4v) is 4.06. The van der Waals surface area contributed by atoms with Gasteiger partial charge in [-0.15, -0.1) is 0 Å². The summed E-state index contributed by atoms with van der Waals surface area (Å²) < 4.78 is 26.9. The molecule has 3 rings (SSSR count). The zero-order chi connectivity index (χ0) is 16.8. The van der Waals surface area contributed by atoms with E-state index in [1.54, 1.807) is 32.0 Å². The maximum Gasteiger partial charge on any atom is 0.288 e. The molecule has 0 aliphatic heterocycles. The first kappa shape index (κ1) is 15.2. The van der Waals surface area contributed by atoms with Gasteiger partial charge in [-0.25, -0.2) is 17.4 Å². The number of nitrogens with zero attached hydrogens (tertiary/aromatic N) is 3. The van der Waals surface area contributed by atoms with Crippen molar-refractivity contribution in [2.75, 3.05) is 0 Å². The van der Waals surface area contributed by atoms with Gasteiger partial charge in [-0.05, 0) is 31.5 Å². The number of rotatable bonds is 3. The van der Waals surface area contributed by atoms with Crippen LogP contribution in [0, 0.1) is 24.0 Å². The third-order valence-electron chi connectivity index (χ3n) is 3.79. The van der Waals surface area contributed by atoms with E-state index in [4.69, 9.17) is 0 Å². The topological polar surface area (TPSA) is 95.1 Å². The number of hydrogen-bond donors (Lipinski definition) is 0. The van der Waals surface area contributed by atoms with Crippen LogP contribution >= 0.6 is 0 Å². The molecule has 8 heteroatoms. The molecule has 118 valence electrons. The molecule has 0 radical (unpaired) electrons. The number of fused-ring (bicyclic) bond motifs is 1. The van der Waals surface area contributed by atoms with Crippen LogP contribution in [0.15, 0.2) is 47.5 Å². The van der Waals surface area contributed by atoms with E-state index in [-0.39, 0.29) is 16.2 Å². The first-order valence-electron chi connectivity index (χ1n) is 6.76. The van der Waals surface area contributed by atoms with Crippen LogP contribution in [0.4, 0.5) is 5.69 Å². The molecule has 1 aromatic carbocycles. The molecule has 0 bridgehead atoms. The molecule has 0 N–H and O–H groups in total. The highest BCUT2D eigenvalue weighted by Crippen LogP contribution is 2.30. The lowest BCUT2D eigenvalue weighted by Crippen LogP contribution is -2.15. The number of benzene rings is 1. The van der Waals surface area contributed by atoms with E-state index in [9.17, 15) is 18.5 Å². The molecule has 2 heterocycles. The Hall–Kier alpha value is -2.74. The summed E-state index contributed by atoms with van der Waals surface area (Å²) in [5.74, 6) is 0. The van der Waals surface area contributed by atoms with Gasteiger partial charge in [0.25, 0.3) is 15.7 Å². The lowest BCUT2D eigenvalue weighted by atomic mass is 10.2. The fourth-order valence-electron chi connectivity index (χ4n) is 2.48. The van der Waals surface area contributed by atoms with Gasteiger partial charge in [-0.2, -0.15) is 0 Å². The second kappa shape index (κ2) is 5.17. The SMILES string of the molecule is Cc1c(C)n(S(=O)(=O)c2ccccc2)c2ncc([N+](=O)[O-])cc12. The van der Waals surface area contributed by atoms with Crippen molar-refractivity contribution in [1.29, 1.82) is 0 Å². The van der Waals surface area contributed by atoms with Crippen LogP contribution in [-0.4, -0.2) is 22.3 Å². The van der Waals surface area contributed by atoms with Gasteiger partial charge in [0.15, 0.2) is 5.65 Å². The zero-order valence-corrected chi connectivity index (χ0v) is 13.2. The number of aryl methyl sites for hydroxylation is 1. The molecule has 23 heavy (non-hydrogen) atoms. The van der Waals surface area contributed by atoms with Crippen molar-refractivity contribution in [3.05, 3.63) is 64.0 Å². The van der Waals surface area contributed by atoms with Crippen molar-refractivity contribution in [1.82, 2.24) is 8.96 Å². The van der Waals surface area contributed by atoms with E-state index in [0.717, 1.165) is 10.2 Å². The summed E-state index contributed by atoms with van der Waals surface area (Å²) >= 11 is 0. The van der Waals surface area contributed by atoms with Crippen molar-refractivity contribution >= 4 is 26.7 Å². The van der Waals surface area contributed by atoms with Crippen LogP contribution in [0.1, 0.15) is 11.3 Å². The predicted molar refractivity (Wildman–Crippen MR) is 84.9 cm³/mol. The Bertz CT molecular complexity index is 1020. The van der Waals surface area contributed by atoms with Crippen LogP contribution in [0.25, 0.3) is 11.0 Å². The minimum atomic E-state index is -3.82. The molecule has 0 fully saturated rings. The van der Waals surface area contributed by atoms with Gasteiger partial charge in [0.1, 0.15) is 6.20 Å². The number of hydrogen-bond acceptors (Lipinski definition) is 5. The summed E-state index contributed by atoms with van der Waals surface area (Å²) in [5.41, 5.74) is 1.15. The van der Waals surface area contributed by atoms with Gasteiger partial charge < -0.3 is 0 Å². The van der Waals surface area contributed by atoms with Crippen molar-refractivity contribution in [2.45, 2.75) is 18.7 Å². The molecule has 0 saturated carbocycles. The van der Waals surface area contributed by atoms with Gasteiger partial charge in [-0.1, -0.05) is 18.2 Å². The summed E-state index contributed by atoms with van der Waals surface area (Å²) in [6, 6.07) is 9.36. The smallest absolute Gasteiger partial charge is 0.258 e. The highest BCUT2D eigenvalue weighted by atomic mass is 32.2. The fraction of sp³-hybridized carbons (Fsp3) is 0.133. The van der Waals surface area contributed by atoms with Gasteiger partial charge >= 0.3 is 0 Å². The van der Waals surface area contributed by atoms with Crippen LogP contribution < -0.4 is 0 Å². The molecule has 0 spiro atoms. The van der Waals surface area contributed by atoms with Crippen LogP contribution in [0.2, 0.25) is 0 Å². The molecule has 7 nitrogen and oxygen atoms in total. The normalized spacial score (nSPS) is 11.7. The predicted octanol–water partition coefficient (Wildman–Crippen LogP) is 2.80. The van der Waals surface area contributed by atoms with Gasteiger partial charge in [-0.3, -0.25) is 10.1 Å². The van der Waals surface area contributed by atoms with E-state index in [2.05, 4.69) is 4.98 Å². The Balaban J connectivity index is 2.35. The third-order valence-corrected chi connectivity index (χ3v) is 5.58. The Morgan fingerprint density at radius 1 is 1.17 bits per heavy atom. The number of pyridine rings is 1. The second-order valence-electron chi connectivity index (χ2n) is 5.11. The number of aromatic nitrogens is 2. The molecule has 0 aliphatic carbocycles. The summed E-state index contributed by atoms with van der Waals surface area (Å²) in [5, 5.41) is 11.4. The minimum Gasteiger partial charge on any atom is -0.258 e. The maximum absolute atomic E-state index is 12.9. The van der Waals surface area contributed by atoms with Crippen LogP contribution in [-0.2, 0) is 10.0 Å². The largest absolute Gasteiger partial charge is 0.288 e. The van der Waals surface area contributed by atoms with Crippen molar-refractivity contribution in [2.24, 2.45) is 0 Å². The lowest BCUT2D eigenvalue weighted by Gasteiger charge is -2.09. The molecular formula is C15H13N3O4S. The molecule has 2 aromatic heterocycles. The molecule has 3 aromatic rings. The maximum atomic E-state index is 12.9. The zero-order valence-electron chi connectivity index (χ0n) is 12.4. The average molecular weight is 331 g/mol. The molecule has 0 saturated heterocycles. The van der Waals surface area contributed by atoms with Gasteiger partial charge in [0, 0.05) is 17.1 Å². The van der Waals surface area contributed by atoms with E-state index < -0.39 is 14.9 Å². The number of nitro groups is 1. The Morgan fingerprint density at radius 3 is 2.43 bits per heavy atom. The quantitative estimate of drug-likeness (QED) is 0.543. The van der Waals surface area contributed by atoms with Crippen molar-refractivity contribution in [3.8, 4) is 0 Å². The highest BCUT2D eigenvalue weighted by molar-refractivity contribution is 7.90. The lowest BCUT2D eigenvalue weighted by molar-refractivity contribution is -0.385. The first-order chi connectivity index (χ1) is 10.8. The average Bonchev–Trinajstić information content (AvgIpc) is 2.79. The van der Waals surface area contributed by atoms with E-state index in [1.807, 2.05) is 0 Å². The Kier molecular flexibility index (Phi) is 3.41. The van der Waals surface area contributed by atoms with Crippen molar-refractivity contribution in [3.63, 3.8) is 0 Å². The summed E-state index contributed by atoms with van der Waals surface area (Å²) in [6.45, 7) is 3.38.